The van der Waals surface area contributed by atoms with Crippen LogP contribution in [0.5, 0.6) is 0 Å². The van der Waals surface area contributed by atoms with E-state index < -0.39 is 46.8 Å². The van der Waals surface area contributed by atoms with E-state index in [4.69, 9.17) is 11.6 Å². The molecule has 1 aliphatic heterocycles. The molecular weight excluding hydrogens is 541 g/mol. The summed E-state index contributed by atoms with van der Waals surface area (Å²) < 4.78 is 69.7. The molecule has 0 unspecified atom stereocenters. The van der Waals surface area contributed by atoms with Crippen molar-refractivity contribution in [2.24, 2.45) is 0 Å². The van der Waals surface area contributed by atoms with Gasteiger partial charge >= 0.3 is 6.18 Å². The van der Waals surface area contributed by atoms with Gasteiger partial charge in [-0.15, -0.1) is 0 Å². The number of carbonyl (C=O) groups excluding carboxylic acids is 2. The molecule has 0 fully saturated rings. The predicted octanol–water partition coefficient (Wildman–Crippen LogP) is 6.06. The molecule has 0 spiro atoms. The molecule has 2 heterocycles. The van der Waals surface area contributed by atoms with Crippen molar-refractivity contribution >= 4 is 29.1 Å². The van der Waals surface area contributed by atoms with E-state index in [1.165, 1.54) is 6.07 Å². The summed E-state index contributed by atoms with van der Waals surface area (Å²) in [5.74, 6) is -3.40. The quantitative estimate of drug-likeness (QED) is 0.231. The number of hydrogen-bond donors (Lipinski definition) is 2. The van der Waals surface area contributed by atoms with E-state index in [2.05, 4.69) is 10.6 Å². The second-order valence-electron chi connectivity index (χ2n) is 8.91. The Morgan fingerprint density at radius 1 is 0.974 bits per heavy atom. The van der Waals surface area contributed by atoms with Crippen LogP contribution in [0.25, 0.3) is 0 Å². The topological polar surface area (TPSA) is 62.1 Å². The molecule has 0 bridgehead atoms. The Morgan fingerprint density at radius 2 is 1.72 bits per heavy atom. The smallest absolute Gasteiger partial charge is 0.341 e. The monoisotopic (exact) mass is 558 g/mol. The van der Waals surface area contributed by atoms with Gasteiger partial charge in [-0.2, -0.15) is 13.2 Å². The molecule has 3 aromatic carbocycles. The van der Waals surface area contributed by atoms with Crippen LogP contribution in [0.2, 0.25) is 5.02 Å². The fourth-order valence-corrected chi connectivity index (χ4v) is 4.71. The van der Waals surface area contributed by atoms with E-state index in [9.17, 15) is 31.5 Å². The van der Waals surface area contributed by atoms with Gasteiger partial charge in [-0.3, -0.25) is 9.59 Å². The molecule has 11 heteroatoms. The van der Waals surface area contributed by atoms with Gasteiger partial charge in [0.15, 0.2) is 18.9 Å². The number of fused-ring (bicyclic) bond motifs is 1. The van der Waals surface area contributed by atoms with Crippen LogP contribution >= 0.6 is 11.6 Å². The van der Waals surface area contributed by atoms with E-state index in [1.807, 2.05) is 10.6 Å². The van der Waals surface area contributed by atoms with E-state index >= 15 is 0 Å². The molecule has 5 rings (SSSR count). The standard InChI is InChI=1S/C28H17ClF5N3O2/c29-22-5-4-18(30)13-20(22)25-24-21(27(39)36-25)8-15(14-37-6-2-1-3-7-37)9-23(24)35-26(38)16-10-17(28(32,33)34)12-19(31)11-16/h1-13,25H,14H2,(H-,35,36,38,39)/p+1/t25-/m0/s1. The minimum atomic E-state index is -4.87. The minimum Gasteiger partial charge on any atom is -0.341 e. The molecule has 0 aliphatic carbocycles. The summed E-state index contributed by atoms with van der Waals surface area (Å²) in [4.78, 5) is 26.1. The van der Waals surface area contributed by atoms with E-state index in [-0.39, 0.29) is 40.0 Å². The molecular formula is C28H18ClF5N3O2+. The molecule has 1 aromatic heterocycles. The maximum Gasteiger partial charge on any atom is 0.416 e. The zero-order valence-corrected chi connectivity index (χ0v) is 20.6. The van der Waals surface area contributed by atoms with Gasteiger partial charge in [0.25, 0.3) is 11.8 Å². The Hall–Kier alpha value is -4.31. The molecule has 1 aliphatic rings. The average molecular weight is 559 g/mol. The van der Waals surface area contributed by atoms with Crippen LogP contribution in [0.3, 0.4) is 0 Å². The second kappa shape index (κ2) is 10.1. The molecule has 5 nitrogen and oxygen atoms in total. The Kier molecular flexibility index (Phi) is 6.82. The van der Waals surface area contributed by atoms with Crippen molar-refractivity contribution in [3.8, 4) is 0 Å². The molecule has 4 aromatic rings. The molecule has 2 amide bonds. The molecule has 2 N–H and O–H groups in total. The summed E-state index contributed by atoms with van der Waals surface area (Å²) >= 11 is 6.30. The number of anilines is 1. The van der Waals surface area contributed by atoms with Crippen LogP contribution in [-0.2, 0) is 12.7 Å². The molecule has 198 valence electrons. The first-order chi connectivity index (χ1) is 18.5. The summed E-state index contributed by atoms with van der Waals surface area (Å²) in [6.45, 7) is 0.286. The lowest BCUT2D eigenvalue weighted by molar-refractivity contribution is -0.688. The number of benzene rings is 3. The van der Waals surface area contributed by atoms with Crippen LogP contribution in [-0.4, -0.2) is 11.8 Å². The van der Waals surface area contributed by atoms with E-state index in [1.54, 1.807) is 36.7 Å². The first-order valence-corrected chi connectivity index (χ1v) is 11.9. The number of halogens is 6. The van der Waals surface area contributed by atoms with Crippen LogP contribution < -0.4 is 15.2 Å². The van der Waals surface area contributed by atoms with Gasteiger partial charge in [-0.1, -0.05) is 17.7 Å². The number of pyridine rings is 1. The van der Waals surface area contributed by atoms with Gasteiger partial charge in [-0.25, -0.2) is 13.3 Å². The number of hydrogen-bond acceptors (Lipinski definition) is 2. The van der Waals surface area contributed by atoms with Crippen molar-refractivity contribution < 1.29 is 36.1 Å². The number of nitrogens with zero attached hydrogens (tertiary/aromatic N) is 1. The maximum atomic E-state index is 14.1. The molecule has 0 radical (unpaired) electrons. The third-order valence-corrected chi connectivity index (χ3v) is 6.54. The first kappa shape index (κ1) is 26.3. The zero-order valence-electron chi connectivity index (χ0n) is 19.8. The largest absolute Gasteiger partial charge is 0.416 e. The third kappa shape index (κ3) is 5.46. The maximum absolute atomic E-state index is 14.1. The lowest BCUT2D eigenvalue weighted by Gasteiger charge is -2.19. The normalized spacial score (nSPS) is 14.6. The van der Waals surface area contributed by atoms with Gasteiger partial charge < -0.3 is 10.6 Å². The van der Waals surface area contributed by atoms with Crippen molar-refractivity contribution in [3.63, 3.8) is 0 Å². The predicted molar refractivity (Wildman–Crippen MR) is 132 cm³/mol. The number of aromatic nitrogens is 1. The summed E-state index contributed by atoms with van der Waals surface area (Å²) in [6, 6.07) is 12.7. The number of amides is 2. The van der Waals surface area contributed by atoms with E-state index in [0.29, 0.717) is 17.7 Å². The Morgan fingerprint density at radius 3 is 2.44 bits per heavy atom. The summed E-state index contributed by atoms with van der Waals surface area (Å²) in [5.41, 5.74) is -0.614. The number of alkyl halides is 3. The lowest BCUT2D eigenvalue weighted by Crippen LogP contribution is -2.33. The number of rotatable bonds is 5. The van der Waals surface area contributed by atoms with Crippen LogP contribution in [0.4, 0.5) is 27.6 Å². The Balaban J connectivity index is 1.62. The van der Waals surface area contributed by atoms with Crippen LogP contribution in [0.15, 0.2) is 79.1 Å². The van der Waals surface area contributed by atoms with Gasteiger partial charge in [-0.05, 0) is 48.5 Å². The van der Waals surface area contributed by atoms with Gasteiger partial charge in [0.2, 0.25) is 0 Å². The van der Waals surface area contributed by atoms with Crippen LogP contribution in [0.1, 0.15) is 49.0 Å². The highest BCUT2D eigenvalue weighted by Crippen LogP contribution is 2.40. The highest BCUT2D eigenvalue weighted by atomic mass is 35.5. The summed E-state index contributed by atoms with van der Waals surface area (Å²) in [7, 11) is 0. The van der Waals surface area contributed by atoms with Crippen molar-refractivity contribution in [1.82, 2.24) is 5.32 Å². The summed E-state index contributed by atoms with van der Waals surface area (Å²) in [5, 5.41) is 5.41. The SMILES string of the molecule is O=C(Nc1cc(C[n+]2ccccc2)cc2c1[C@H](c1cc(F)ccc1Cl)NC2=O)c1cc(F)cc(C(F)(F)F)c1. The number of carbonyl (C=O) groups is 2. The number of nitrogens with one attached hydrogen (secondary N) is 2. The molecule has 39 heavy (non-hydrogen) atoms. The second-order valence-corrected chi connectivity index (χ2v) is 9.31. The molecule has 0 saturated heterocycles. The van der Waals surface area contributed by atoms with E-state index in [0.717, 1.165) is 12.1 Å². The first-order valence-electron chi connectivity index (χ1n) is 11.6. The van der Waals surface area contributed by atoms with Gasteiger partial charge in [0, 0.05) is 50.7 Å². The minimum absolute atomic E-state index is 0.0746. The molecule has 0 saturated carbocycles. The van der Waals surface area contributed by atoms with Gasteiger partial charge in [0.05, 0.1) is 11.6 Å². The van der Waals surface area contributed by atoms with Crippen molar-refractivity contribution in [2.75, 3.05) is 5.32 Å². The fourth-order valence-electron chi connectivity index (χ4n) is 4.49. The van der Waals surface area contributed by atoms with Crippen LogP contribution in [0, 0.1) is 11.6 Å². The Labute approximate surface area is 223 Å². The van der Waals surface area contributed by atoms with Crippen molar-refractivity contribution in [2.45, 2.75) is 18.8 Å². The lowest BCUT2D eigenvalue weighted by atomic mass is 9.94. The Bertz CT molecular complexity index is 1610. The molecule has 1 atom stereocenters. The highest BCUT2D eigenvalue weighted by Gasteiger charge is 2.36. The fraction of sp³-hybridized carbons (Fsp3) is 0.107. The summed E-state index contributed by atoms with van der Waals surface area (Å²) in [6.07, 6.45) is -1.31. The van der Waals surface area contributed by atoms with Crippen molar-refractivity contribution in [1.29, 1.82) is 0 Å². The average Bonchev–Trinajstić information content (AvgIpc) is 3.21. The third-order valence-electron chi connectivity index (χ3n) is 6.20. The van der Waals surface area contributed by atoms with Crippen molar-refractivity contribution in [3.05, 3.63) is 129 Å². The zero-order chi connectivity index (χ0) is 27.9. The van der Waals surface area contributed by atoms with Gasteiger partial charge in [0.1, 0.15) is 11.6 Å². The highest BCUT2D eigenvalue weighted by molar-refractivity contribution is 6.31.